The van der Waals surface area contributed by atoms with Crippen LogP contribution in [0.4, 0.5) is 8.78 Å². The standard InChI is InChI=1S/C6H11F2NO2/c1-4(9-3-10)5(2)11-6(7)8/h3-6H,1-2H3,(H,9,10). The van der Waals surface area contributed by atoms with E-state index >= 15 is 0 Å². The van der Waals surface area contributed by atoms with Crippen molar-refractivity contribution in [2.24, 2.45) is 0 Å². The van der Waals surface area contributed by atoms with Gasteiger partial charge in [-0.05, 0) is 13.8 Å². The first-order chi connectivity index (χ1) is 5.07. The van der Waals surface area contributed by atoms with Crippen LogP contribution in [0.25, 0.3) is 0 Å². The molecule has 0 aromatic carbocycles. The molecule has 0 rings (SSSR count). The Labute approximate surface area is 63.7 Å². The first-order valence-corrected chi connectivity index (χ1v) is 3.21. The number of ether oxygens (including phenoxy) is 1. The van der Waals surface area contributed by atoms with Gasteiger partial charge in [0, 0.05) is 0 Å². The van der Waals surface area contributed by atoms with Crippen molar-refractivity contribution in [2.75, 3.05) is 0 Å². The van der Waals surface area contributed by atoms with Crippen molar-refractivity contribution in [3.63, 3.8) is 0 Å². The zero-order valence-corrected chi connectivity index (χ0v) is 6.38. The van der Waals surface area contributed by atoms with Crippen LogP contribution in [0, 0.1) is 0 Å². The van der Waals surface area contributed by atoms with Gasteiger partial charge in [-0.25, -0.2) is 0 Å². The minimum atomic E-state index is -2.79. The van der Waals surface area contributed by atoms with Crippen molar-refractivity contribution in [1.29, 1.82) is 0 Å². The van der Waals surface area contributed by atoms with E-state index in [0.29, 0.717) is 6.41 Å². The van der Waals surface area contributed by atoms with Gasteiger partial charge in [-0.2, -0.15) is 8.78 Å². The van der Waals surface area contributed by atoms with Gasteiger partial charge in [-0.3, -0.25) is 4.79 Å². The van der Waals surface area contributed by atoms with Gasteiger partial charge in [-0.1, -0.05) is 0 Å². The minimum absolute atomic E-state index is 0.401. The molecule has 0 radical (unpaired) electrons. The first kappa shape index (κ1) is 10.3. The summed E-state index contributed by atoms with van der Waals surface area (Å²) in [6, 6.07) is -0.401. The highest BCUT2D eigenvalue weighted by Gasteiger charge is 2.15. The quantitative estimate of drug-likeness (QED) is 0.613. The fourth-order valence-corrected chi connectivity index (χ4v) is 0.523. The van der Waals surface area contributed by atoms with E-state index in [1.165, 1.54) is 6.92 Å². The van der Waals surface area contributed by atoms with Gasteiger partial charge < -0.3 is 10.1 Å². The van der Waals surface area contributed by atoms with Gasteiger partial charge in [-0.15, -0.1) is 0 Å². The smallest absolute Gasteiger partial charge is 0.345 e. The van der Waals surface area contributed by atoms with Crippen LogP contribution in [-0.2, 0) is 9.53 Å². The molecule has 5 heteroatoms. The molecule has 2 atom stereocenters. The summed E-state index contributed by atoms with van der Waals surface area (Å²) in [5.74, 6) is 0. The normalized spacial score (nSPS) is 16.1. The average molecular weight is 167 g/mol. The van der Waals surface area contributed by atoms with Gasteiger partial charge in [0.1, 0.15) is 0 Å². The van der Waals surface area contributed by atoms with Crippen molar-refractivity contribution in [3.8, 4) is 0 Å². The molecular formula is C6H11F2NO2. The van der Waals surface area contributed by atoms with Gasteiger partial charge in [0.15, 0.2) is 0 Å². The van der Waals surface area contributed by atoms with Crippen LogP contribution >= 0.6 is 0 Å². The molecule has 0 aromatic rings. The Morgan fingerprint density at radius 2 is 2.00 bits per heavy atom. The SMILES string of the molecule is CC(NC=O)C(C)OC(F)F. The predicted molar refractivity (Wildman–Crippen MR) is 35.2 cm³/mol. The summed E-state index contributed by atoms with van der Waals surface area (Å²) in [5.41, 5.74) is 0. The summed E-state index contributed by atoms with van der Waals surface area (Å²) in [6.07, 6.45) is -0.226. The molecule has 0 aromatic heterocycles. The number of halogens is 2. The zero-order valence-electron chi connectivity index (χ0n) is 6.38. The highest BCUT2D eigenvalue weighted by molar-refractivity contribution is 5.46. The zero-order chi connectivity index (χ0) is 8.85. The van der Waals surface area contributed by atoms with Crippen LogP contribution in [0.1, 0.15) is 13.8 Å². The summed E-state index contributed by atoms with van der Waals surface area (Å²) < 4.78 is 27.2. The van der Waals surface area contributed by atoms with Gasteiger partial charge in [0.25, 0.3) is 0 Å². The highest BCUT2D eigenvalue weighted by Crippen LogP contribution is 2.04. The fraction of sp³-hybridized carbons (Fsp3) is 0.833. The number of hydrogen-bond acceptors (Lipinski definition) is 2. The fourth-order valence-electron chi connectivity index (χ4n) is 0.523. The van der Waals surface area contributed by atoms with E-state index in [0.717, 1.165) is 0 Å². The second-order valence-electron chi connectivity index (χ2n) is 2.18. The predicted octanol–water partition coefficient (Wildman–Crippen LogP) is 0.749. The van der Waals surface area contributed by atoms with E-state index in [9.17, 15) is 13.6 Å². The lowest BCUT2D eigenvalue weighted by Gasteiger charge is -2.18. The van der Waals surface area contributed by atoms with Crippen LogP contribution in [0.2, 0.25) is 0 Å². The molecule has 0 fully saturated rings. The van der Waals surface area contributed by atoms with Crippen LogP contribution < -0.4 is 5.32 Å². The maximum absolute atomic E-state index is 11.5. The number of nitrogens with one attached hydrogen (secondary N) is 1. The molecule has 11 heavy (non-hydrogen) atoms. The molecule has 0 saturated heterocycles. The highest BCUT2D eigenvalue weighted by atomic mass is 19.3. The van der Waals surface area contributed by atoms with Crippen molar-refractivity contribution < 1.29 is 18.3 Å². The number of carbonyl (C=O) groups is 1. The molecule has 0 bridgehead atoms. The Kier molecular flexibility index (Phi) is 4.69. The van der Waals surface area contributed by atoms with Crippen LogP contribution in [0.5, 0.6) is 0 Å². The summed E-state index contributed by atoms with van der Waals surface area (Å²) >= 11 is 0. The Bertz CT molecular complexity index is 121. The lowest BCUT2D eigenvalue weighted by atomic mass is 10.2. The van der Waals surface area contributed by atoms with Crippen molar-refractivity contribution in [2.45, 2.75) is 32.6 Å². The summed E-state index contributed by atoms with van der Waals surface area (Å²) in [6.45, 7) is 0.260. The molecule has 1 amide bonds. The van der Waals surface area contributed by atoms with E-state index in [1.807, 2.05) is 0 Å². The number of rotatable bonds is 5. The van der Waals surface area contributed by atoms with E-state index in [1.54, 1.807) is 6.92 Å². The summed E-state index contributed by atoms with van der Waals surface area (Å²) in [7, 11) is 0. The number of alkyl halides is 2. The largest absolute Gasteiger partial charge is 0.354 e. The monoisotopic (exact) mass is 167 g/mol. The molecule has 0 aliphatic carbocycles. The van der Waals surface area contributed by atoms with E-state index in [-0.39, 0.29) is 0 Å². The van der Waals surface area contributed by atoms with Crippen molar-refractivity contribution >= 4 is 6.41 Å². The topological polar surface area (TPSA) is 38.3 Å². The molecular weight excluding hydrogens is 156 g/mol. The minimum Gasteiger partial charge on any atom is -0.354 e. The molecule has 2 unspecified atom stereocenters. The molecule has 0 aliphatic rings. The van der Waals surface area contributed by atoms with Crippen LogP contribution in [0.3, 0.4) is 0 Å². The van der Waals surface area contributed by atoms with Crippen molar-refractivity contribution in [1.82, 2.24) is 5.32 Å². The second kappa shape index (κ2) is 5.01. The second-order valence-corrected chi connectivity index (χ2v) is 2.18. The lowest BCUT2D eigenvalue weighted by molar-refractivity contribution is -0.164. The Morgan fingerprint density at radius 1 is 1.45 bits per heavy atom. The summed E-state index contributed by atoms with van der Waals surface area (Å²) in [5, 5.41) is 2.31. The van der Waals surface area contributed by atoms with E-state index in [4.69, 9.17) is 0 Å². The third-order valence-corrected chi connectivity index (χ3v) is 1.35. The van der Waals surface area contributed by atoms with Crippen LogP contribution in [0.15, 0.2) is 0 Å². The van der Waals surface area contributed by atoms with Gasteiger partial charge in [0.2, 0.25) is 6.41 Å². The Balaban J connectivity index is 3.62. The van der Waals surface area contributed by atoms with Gasteiger partial charge in [0.05, 0.1) is 12.1 Å². The Hall–Kier alpha value is -0.710. The molecule has 0 saturated carbocycles. The maximum atomic E-state index is 11.5. The maximum Gasteiger partial charge on any atom is 0.345 e. The average Bonchev–Trinajstić information content (AvgIpc) is 1.86. The molecule has 1 N–H and O–H groups in total. The molecule has 66 valence electrons. The number of hydrogen-bond donors (Lipinski definition) is 1. The Morgan fingerprint density at radius 3 is 2.36 bits per heavy atom. The van der Waals surface area contributed by atoms with Gasteiger partial charge >= 0.3 is 6.61 Å². The molecule has 3 nitrogen and oxygen atoms in total. The molecule has 0 aliphatic heterocycles. The number of carbonyl (C=O) groups excluding carboxylic acids is 1. The van der Waals surface area contributed by atoms with E-state index in [2.05, 4.69) is 10.1 Å². The third-order valence-electron chi connectivity index (χ3n) is 1.35. The molecule has 0 heterocycles. The third kappa shape index (κ3) is 4.66. The number of amides is 1. The summed E-state index contributed by atoms with van der Waals surface area (Å²) in [4.78, 5) is 9.85. The first-order valence-electron chi connectivity index (χ1n) is 3.21. The van der Waals surface area contributed by atoms with Crippen LogP contribution in [-0.4, -0.2) is 25.2 Å². The van der Waals surface area contributed by atoms with E-state index < -0.39 is 18.8 Å². The van der Waals surface area contributed by atoms with Crippen molar-refractivity contribution in [3.05, 3.63) is 0 Å². The lowest BCUT2D eigenvalue weighted by Crippen LogP contribution is -2.37. The molecule has 0 spiro atoms.